The first-order valence-corrected chi connectivity index (χ1v) is 7.50. The minimum atomic E-state index is 1.04. The Hall–Kier alpha value is -0.330. The maximum absolute atomic E-state index is 2.65. The van der Waals surface area contributed by atoms with Gasteiger partial charge >= 0.3 is 0 Å². The van der Waals surface area contributed by atoms with Gasteiger partial charge in [-0.1, -0.05) is 39.0 Å². The fourth-order valence-electron chi connectivity index (χ4n) is 3.20. The molecule has 0 fully saturated rings. The van der Waals surface area contributed by atoms with Crippen LogP contribution in [0.15, 0.2) is 0 Å². The Morgan fingerprint density at radius 3 is 2.75 bits per heavy atom. The lowest BCUT2D eigenvalue weighted by Gasteiger charge is -2.18. The molecule has 0 N–H and O–H groups in total. The molecule has 2 aliphatic rings. The molecule has 0 aromatic heterocycles. The van der Waals surface area contributed by atoms with Crippen LogP contribution in [-0.4, -0.2) is 23.4 Å². The minimum absolute atomic E-state index is 1.04. The minimum Gasteiger partial charge on any atom is -0.236 e. The standard InChI is InChI=1S/C15H28N/c1-2-3-4-7-14-8-5-6-12-16-13-11-15(16)10-9-14/h14H,2-13H2,1H3/q+1. The first-order chi connectivity index (χ1) is 7.90. The molecule has 0 bridgehead atoms. The number of rotatable bonds is 4. The van der Waals surface area contributed by atoms with Gasteiger partial charge in [-0.3, -0.25) is 0 Å². The molecule has 0 aromatic rings. The van der Waals surface area contributed by atoms with E-state index in [1.807, 2.05) is 0 Å². The number of hydrogen-bond donors (Lipinski definition) is 0. The van der Waals surface area contributed by atoms with Crippen molar-refractivity contribution < 1.29 is 4.58 Å². The molecule has 1 heteroatoms. The molecule has 0 spiro atoms. The molecule has 92 valence electrons. The Bertz CT molecular complexity index is 242. The average molecular weight is 222 g/mol. The average Bonchev–Trinajstić information content (AvgIpc) is 2.31. The molecule has 2 aliphatic heterocycles. The molecule has 0 aliphatic carbocycles. The van der Waals surface area contributed by atoms with Gasteiger partial charge in [0, 0.05) is 12.8 Å². The predicted octanol–water partition coefficient (Wildman–Crippen LogP) is 4.00. The van der Waals surface area contributed by atoms with E-state index in [9.17, 15) is 0 Å². The van der Waals surface area contributed by atoms with Crippen LogP contribution in [0, 0.1) is 5.92 Å². The third-order valence-electron chi connectivity index (χ3n) is 4.47. The van der Waals surface area contributed by atoms with Crippen LogP contribution in [0.5, 0.6) is 0 Å². The summed E-state index contributed by atoms with van der Waals surface area (Å²) in [6.45, 7) is 5.03. The monoisotopic (exact) mass is 222 g/mol. The molecule has 1 atom stereocenters. The van der Waals surface area contributed by atoms with Crippen molar-refractivity contribution >= 4 is 5.71 Å². The van der Waals surface area contributed by atoms with Gasteiger partial charge in [0.05, 0.1) is 6.42 Å². The maximum atomic E-state index is 2.65. The first kappa shape index (κ1) is 12.1. The van der Waals surface area contributed by atoms with Gasteiger partial charge in [-0.15, -0.1) is 0 Å². The summed E-state index contributed by atoms with van der Waals surface area (Å²) in [5.74, 6) is 1.04. The molecule has 2 rings (SSSR count). The van der Waals surface area contributed by atoms with E-state index in [1.54, 1.807) is 5.71 Å². The summed E-state index contributed by atoms with van der Waals surface area (Å²) in [6.07, 6.45) is 14.5. The van der Waals surface area contributed by atoms with E-state index in [2.05, 4.69) is 11.5 Å². The zero-order valence-electron chi connectivity index (χ0n) is 11.0. The highest BCUT2D eigenvalue weighted by atomic mass is 15.1. The van der Waals surface area contributed by atoms with Crippen LogP contribution in [-0.2, 0) is 0 Å². The van der Waals surface area contributed by atoms with E-state index in [-0.39, 0.29) is 0 Å². The van der Waals surface area contributed by atoms with E-state index >= 15 is 0 Å². The van der Waals surface area contributed by atoms with Gasteiger partial charge in [0.1, 0.15) is 6.54 Å². The summed E-state index contributed by atoms with van der Waals surface area (Å²) in [5, 5.41) is 0. The van der Waals surface area contributed by atoms with E-state index in [0.29, 0.717) is 0 Å². The summed E-state index contributed by atoms with van der Waals surface area (Å²) >= 11 is 0. The summed E-state index contributed by atoms with van der Waals surface area (Å²) in [6, 6.07) is 0. The smallest absolute Gasteiger partial charge is 0.158 e. The van der Waals surface area contributed by atoms with Gasteiger partial charge in [-0.05, 0) is 18.8 Å². The Morgan fingerprint density at radius 2 is 2.00 bits per heavy atom. The Balaban J connectivity index is 1.76. The Morgan fingerprint density at radius 1 is 1.06 bits per heavy atom. The normalized spacial score (nSPS) is 26.4. The molecular weight excluding hydrogens is 194 g/mol. The zero-order chi connectivity index (χ0) is 11.2. The van der Waals surface area contributed by atoms with E-state index in [0.717, 1.165) is 5.92 Å². The fourth-order valence-corrected chi connectivity index (χ4v) is 3.20. The second kappa shape index (κ2) is 6.42. The highest BCUT2D eigenvalue weighted by molar-refractivity contribution is 5.82. The van der Waals surface area contributed by atoms with Crippen molar-refractivity contribution in [1.82, 2.24) is 0 Å². The van der Waals surface area contributed by atoms with Gasteiger partial charge in [0.25, 0.3) is 0 Å². The van der Waals surface area contributed by atoms with Crippen LogP contribution in [0.1, 0.15) is 71.1 Å². The van der Waals surface area contributed by atoms with Gasteiger partial charge in [0.15, 0.2) is 12.3 Å². The summed E-state index contributed by atoms with van der Waals surface area (Å²) in [7, 11) is 0. The lowest BCUT2D eigenvalue weighted by molar-refractivity contribution is -0.553. The molecular formula is C15H28N+. The topological polar surface area (TPSA) is 3.01 Å². The molecule has 0 aromatic carbocycles. The SMILES string of the molecule is CCCCCC1CCCC[N+]2=C(CC1)CC2. The van der Waals surface area contributed by atoms with Crippen LogP contribution in [0.2, 0.25) is 0 Å². The lowest BCUT2D eigenvalue weighted by Crippen LogP contribution is -2.34. The van der Waals surface area contributed by atoms with Crippen molar-refractivity contribution in [1.29, 1.82) is 0 Å². The summed E-state index contributed by atoms with van der Waals surface area (Å²) in [4.78, 5) is 0. The summed E-state index contributed by atoms with van der Waals surface area (Å²) < 4.78 is 2.65. The molecule has 1 nitrogen and oxygen atoms in total. The molecule has 0 amide bonds. The van der Waals surface area contributed by atoms with Gasteiger partial charge in [-0.2, -0.15) is 0 Å². The van der Waals surface area contributed by atoms with Crippen molar-refractivity contribution in [3.63, 3.8) is 0 Å². The van der Waals surface area contributed by atoms with Crippen molar-refractivity contribution in [3.8, 4) is 0 Å². The molecule has 0 radical (unpaired) electrons. The molecule has 16 heavy (non-hydrogen) atoms. The number of hydrogen-bond acceptors (Lipinski definition) is 0. The molecule has 1 unspecified atom stereocenters. The van der Waals surface area contributed by atoms with Crippen LogP contribution in [0.25, 0.3) is 0 Å². The quantitative estimate of drug-likeness (QED) is 0.499. The molecule has 0 saturated heterocycles. The summed E-state index contributed by atoms with van der Waals surface area (Å²) in [5.41, 5.74) is 1.78. The van der Waals surface area contributed by atoms with E-state index in [1.165, 1.54) is 77.3 Å². The number of nitrogens with zero attached hydrogens (tertiary/aromatic N) is 1. The zero-order valence-corrected chi connectivity index (χ0v) is 11.0. The Labute approximate surface area is 101 Å². The first-order valence-electron chi connectivity index (χ1n) is 7.50. The highest BCUT2D eigenvalue weighted by Gasteiger charge is 2.27. The molecule has 2 heterocycles. The Kier molecular flexibility index (Phi) is 4.87. The predicted molar refractivity (Wildman–Crippen MR) is 70.3 cm³/mol. The third kappa shape index (κ3) is 3.33. The highest BCUT2D eigenvalue weighted by Crippen LogP contribution is 2.25. The second-order valence-electron chi connectivity index (χ2n) is 5.70. The fraction of sp³-hybridized carbons (Fsp3) is 0.933. The van der Waals surface area contributed by atoms with Crippen molar-refractivity contribution in [2.24, 2.45) is 5.92 Å². The maximum Gasteiger partial charge on any atom is 0.158 e. The van der Waals surface area contributed by atoms with E-state index in [4.69, 9.17) is 0 Å². The molecule has 0 saturated carbocycles. The number of unbranched alkanes of at least 4 members (excludes halogenated alkanes) is 2. The van der Waals surface area contributed by atoms with Crippen molar-refractivity contribution in [2.75, 3.05) is 13.1 Å². The third-order valence-corrected chi connectivity index (χ3v) is 4.47. The van der Waals surface area contributed by atoms with Crippen LogP contribution in [0.4, 0.5) is 0 Å². The van der Waals surface area contributed by atoms with Gasteiger partial charge in [-0.25, -0.2) is 4.58 Å². The van der Waals surface area contributed by atoms with Crippen LogP contribution in [0.3, 0.4) is 0 Å². The van der Waals surface area contributed by atoms with Crippen LogP contribution >= 0.6 is 0 Å². The lowest BCUT2D eigenvalue weighted by atomic mass is 9.90. The van der Waals surface area contributed by atoms with Gasteiger partial charge < -0.3 is 0 Å². The van der Waals surface area contributed by atoms with Gasteiger partial charge in [0.2, 0.25) is 0 Å². The van der Waals surface area contributed by atoms with E-state index < -0.39 is 0 Å². The van der Waals surface area contributed by atoms with Crippen molar-refractivity contribution in [2.45, 2.75) is 71.1 Å². The van der Waals surface area contributed by atoms with Crippen LogP contribution < -0.4 is 0 Å². The van der Waals surface area contributed by atoms with Crippen molar-refractivity contribution in [3.05, 3.63) is 0 Å². The largest absolute Gasteiger partial charge is 0.236 e. The second-order valence-corrected chi connectivity index (χ2v) is 5.70.